The van der Waals surface area contributed by atoms with E-state index in [0.717, 1.165) is 29.5 Å². The number of nitrogens with zero attached hydrogens (tertiary/aromatic N) is 1. The molecule has 0 spiro atoms. The minimum atomic E-state index is -1.41. The quantitative estimate of drug-likeness (QED) is 0.810. The van der Waals surface area contributed by atoms with Crippen molar-refractivity contribution in [2.45, 2.75) is 6.10 Å². The molecule has 3 N–H and O–H groups in total. The van der Waals surface area contributed by atoms with E-state index in [0.29, 0.717) is 0 Å². The largest absolute Gasteiger partial charge is 0.465 e. The van der Waals surface area contributed by atoms with Gasteiger partial charge < -0.3 is 10.2 Å². The van der Waals surface area contributed by atoms with E-state index in [1.165, 1.54) is 6.20 Å². The molecule has 1 amide bonds. The fourth-order valence-corrected chi connectivity index (χ4v) is 2.25. The molecule has 5 nitrogen and oxygen atoms in total. The van der Waals surface area contributed by atoms with Gasteiger partial charge in [0.25, 0.3) is 0 Å². The number of hydrogen-bond acceptors (Lipinski definition) is 4. The van der Waals surface area contributed by atoms with Crippen LogP contribution in [0.1, 0.15) is 16.5 Å². The number of thiazole rings is 1. The Labute approximate surface area is 110 Å². The van der Waals surface area contributed by atoms with Crippen molar-refractivity contribution in [3.63, 3.8) is 0 Å². The van der Waals surface area contributed by atoms with Crippen LogP contribution in [-0.2, 0) is 0 Å². The summed E-state index contributed by atoms with van der Waals surface area (Å²) < 4.78 is 26.5. The number of halogens is 2. The highest BCUT2D eigenvalue weighted by Crippen LogP contribution is 2.30. The third-order valence-corrected chi connectivity index (χ3v) is 3.22. The molecule has 1 aromatic carbocycles. The number of carbonyl (C=O) groups is 1. The van der Waals surface area contributed by atoms with E-state index < -0.39 is 23.8 Å². The summed E-state index contributed by atoms with van der Waals surface area (Å²) in [5, 5.41) is 20.5. The average Bonchev–Trinajstić information content (AvgIpc) is 2.79. The zero-order chi connectivity index (χ0) is 14.0. The highest BCUT2D eigenvalue weighted by Gasteiger charge is 2.19. The third kappa shape index (κ3) is 3.04. The molecule has 0 fully saturated rings. The van der Waals surface area contributed by atoms with Gasteiger partial charge in [-0.25, -0.2) is 18.6 Å². The first-order valence-electron chi connectivity index (χ1n) is 5.06. The molecule has 8 heteroatoms. The summed E-state index contributed by atoms with van der Waals surface area (Å²) in [6, 6.07) is 2.73. The van der Waals surface area contributed by atoms with Crippen LogP contribution in [0.4, 0.5) is 18.7 Å². The molecular formula is C11H8F2N2O3S. The first-order chi connectivity index (χ1) is 8.97. The molecule has 0 aliphatic rings. The summed E-state index contributed by atoms with van der Waals surface area (Å²) in [4.78, 5) is 14.3. The molecule has 1 heterocycles. The Morgan fingerprint density at radius 1 is 1.42 bits per heavy atom. The molecular weight excluding hydrogens is 278 g/mol. The topological polar surface area (TPSA) is 82.5 Å². The van der Waals surface area contributed by atoms with Gasteiger partial charge in [0, 0.05) is 11.8 Å². The number of aromatic nitrogens is 1. The van der Waals surface area contributed by atoms with E-state index in [2.05, 4.69) is 4.98 Å². The first kappa shape index (κ1) is 13.4. The van der Waals surface area contributed by atoms with E-state index >= 15 is 0 Å². The molecule has 2 aromatic rings. The Morgan fingerprint density at radius 3 is 2.84 bits per heavy atom. The van der Waals surface area contributed by atoms with Gasteiger partial charge in [-0.15, -0.1) is 0 Å². The SMILES string of the molecule is O=C(O)Nc1ncc(C(O)c2cc(F)ccc2F)s1. The van der Waals surface area contributed by atoms with Crippen molar-refractivity contribution >= 4 is 22.6 Å². The fraction of sp³-hybridized carbons (Fsp3) is 0.0909. The van der Waals surface area contributed by atoms with Gasteiger partial charge in [-0.2, -0.15) is 0 Å². The molecule has 0 saturated carbocycles. The molecule has 2 rings (SSSR count). The van der Waals surface area contributed by atoms with E-state index in [1.54, 1.807) is 0 Å². The monoisotopic (exact) mass is 286 g/mol. The van der Waals surface area contributed by atoms with Crippen LogP contribution in [0.25, 0.3) is 0 Å². The minimum Gasteiger partial charge on any atom is -0.465 e. The molecule has 1 unspecified atom stereocenters. The van der Waals surface area contributed by atoms with Crippen LogP contribution in [0, 0.1) is 11.6 Å². The van der Waals surface area contributed by atoms with Crippen LogP contribution in [0.2, 0.25) is 0 Å². The number of amides is 1. The van der Waals surface area contributed by atoms with Crippen molar-refractivity contribution in [1.82, 2.24) is 4.98 Å². The van der Waals surface area contributed by atoms with Gasteiger partial charge >= 0.3 is 6.09 Å². The number of rotatable bonds is 3. The minimum absolute atomic E-state index is 0.0401. The van der Waals surface area contributed by atoms with Crippen LogP contribution in [0.5, 0.6) is 0 Å². The zero-order valence-electron chi connectivity index (χ0n) is 9.30. The predicted molar refractivity (Wildman–Crippen MR) is 64.2 cm³/mol. The van der Waals surface area contributed by atoms with E-state index in [9.17, 15) is 18.7 Å². The van der Waals surface area contributed by atoms with E-state index in [-0.39, 0.29) is 15.6 Å². The molecule has 0 radical (unpaired) electrons. The maximum Gasteiger partial charge on any atom is 0.410 e. The summed E-state index contributed by atoms with van der Waals surface area (Å²) in [7, 11) is 0. The second kappa shape index (κ2) is 5.29. The average molecular weight is 286 g/mol. The molecule has 1 aromatic heterocycles. The van der Waals surface area contributed by atoms with Gasteiger partial charge in [0.15, 0.2) is 5.13 Å². The molecule has 1 atom stereocenters. The number of nitrogens with one attached hydrogen (secondary N) is 1. The lowest BCUT2D eigenvalue weighted by molar-refractivity contribution is 0.209. The van der Waals surface area contributed by atoms with Crippen LogP contribution >= 0.6 is 11.3 Å². The highest BCUT2D eigenvalue weighted by molar-refractivity contribution is 7.15. The lowest BCUT2D eigenvalue weighted by Gasteiger charge is -2.09. The number of benzene rings is 1. The third-order valence-electron chi connectivity index (χ3n) is 2.26. The lowest BCUT2D eigenvalue weighted by atomic mass is 10.1. The Bertz CT molecular complexity index is 618. The second-order valence-electron chi connectivity index (χ2n) is 3.57. The van der Waals surface area contributed by atoms with E-state index in [1.807, 2.05) is 5.32 Å². The van der Waals surface area contributed by atoms with Crippen LogP contribution < -0.4 is 5.32 Å². The van der Waals surface area contributed by atoms with Crippen molar-refractivity contribution in [2.75, 3.05) is 5.32 Å². The summed E-state index contributed by atoms with van der Waals surface area (Å²) in [6.07, 6.45) is -1.50. The normalized spacial score (nSPS) is 12.2. The standard InChI is InChI=1S/C11H8F2N2O3S/c12-5-1-2-7(13)6(3-5)9(16)8-4-14-10(19-8)15-11(17)18/h1-4,9,16H,(H,14,15)(H,17,18). The summed E-state index contributed by atoms with van der Waals surface area (Å²) in [5.41, 5.74) is -0.231. The maximum atomic E-state index is 13.5. The number of anilines is 1. The van der Waals surface area contributed by atoms with Gasteiger partial charge in [-0.05, 0) is 18.2 Å². The van der Waals surface area contributed by atoms with Crippen LogP contribution in [0.15, 0.2) is 24.4 Å². The van der Waals surface area contributed by atoms with Crippen molar-refractivity contribution in [3.8, 4) is 0 Å². The smallest absolute Gasteiger partial charge is 0.410 e. The van der Waals surface area contributed by atoms with Crippen LogP contribution in [0.3, 0.4) is 0 Å². The van der Waals surface area contributed by atoms with Gasteiger partial charge in [0.2, 0.25) is 0 Å². The molecule has 19 heavy (non-hydrogen) atoms. The highest BCUT2D eigenvalue weighted by atomic mass is 32.1. The van der Waals surface area contributed by atoms with Crippen molar-refractivity contribution in [3.05, 3.63) is 46.5 Å². The van der Waals surface area contributed by atoms with Gasteiger partial charge in [-0.3, -0.25) is 5.32 Å². The van der Waals surface area contributed by atoms with Crippen LogP contribution in [-0.4, -0.2) is 21.3 Å². The van der Waals surface area contributed by atoms with Crippen molar-refractivity contribution in [1.29, 1.82) is 0 Å². The summed E-state index contributed by atoms with van der Waals surface area (Å²) in [5.74, 6) is -1.43. The molecule has 0 aliphatic heterocycles. The predicted octanol–water partition coefficient (Wildman–Crippen LogP) is 2.59. The molecule has 0 aliphatic carbocycles. The number of hydrogen-bond donors (Lipinski definition) is 3. The van der Waals surface area contributed by atoms with Crippen molar-refractivity contribution in [2.24, 2.45) is 0 Å². The Kier molecular flexibility index (Phi) is 3.72. The maximum absolute atomic E-state index is 13.5. The molecule has 0 saturated heterocycles. The number of aliphatic hydroxyl groups excluding tert-OH is 1. The Morgan fingerprint density at radius 2 is 2.16 bits per heavy atom. The number of aliphatic hydroxyl groups is 1. The lowest BCUT2D eigenvalue weighted by Crippen LogP contribution is -2.06. The van der Waals surface area contributed by atoms with E-state index in [4.69, 9.17) is 5.11 Å². The van der Waals surface area contributed by atoms with Gasteiger partial charge in [0.1, 0.15) is 17.7 Å². The molecule has 100 valence electrons. The Balaban J connectivity index is 2.28. The summed E-state index contributed by atoms with van der Waals surface area (Å²) >= 11 is 0.837. The fourth-order valence-electron chi connectivity index (χ4n) is 1.44. The first-order valence-corrected chi connectivity index (χ1v) is 5.87. The number of carboxylic acid groups (broad SMARTS) is 1. The van der Waals surface area contributed by atoms with Crippen molar-refractivity contribution < 1.29 is 23.8 Å². The molecule has 0 bridgehead atoms. The second-order valence-corrected chi connectivity index (χ2v) is 4.63. The summed E-state index contributed by atoms with van der Waals surface area (Å²) in [6.45, 7) is 0. The van der Waals surface area contributed by atoms with Gasteiger partial charge in [0.05, 0.1) is 4.88 Å². The Hall–Kier alpha value is -2.06. The zero-order valence-corrected chi connectivity index (χ0v) is 10.1. The van der Waals surface area contributed by atoms with Gasteiger partial charge in [-0.1, -0.05) is 11.3 Å².